The Kier molecular flexibility index (Phi) is 5.84. The molecule has 2 heteroatoms. The number of benzene rings is 2. The summed E-state index contributed by atoms with van der Waals surface area (Å²) in [4.78, 5) is 12.7. The van der Waals surface area contributed by atoms with Crippen LogP contribution in [0.1, 0.15) is 36.8 Å². The number of carbonyl (C=O) groups excluding carboxylic acids is 1. The van der Waals surface area contributed by atoms with Crippen LogP contribution in [-0.2, 0) is 22.4 Å². The van der Waals surface area contributed by atoms with E-state index >= 15 is 0 Å². The first kappa shape index (κ1) is 16.5. The zero-order valence-corrected chi connectivity index (χ0v) is 14.0. The summed E-state index contributed by atoms with van der Waals surface area (Å²) in [5.41, 5.74) is 3.43. The van der Waals surface area contributed by atoms with Crippen LogP contribution in [0.2, 0.25) is 0 Å². The third-order valence-electron chi connectivity index (χ3n) is 4.49. The third-order valence-corrected chi connectivity index (χ3v) is 4.49. The van der Waals surface area contributed by atoms with Crippen LogP contribution >= 0.6 is 0 Å². The first-order valence-corrected chi connectivity index (χ1v) is 8.79. The van der Waals surface area contributed by atoms with Crippen LogP contribution in [-0.4, -0.2) is 12.4 Å². The minimum atomic E-state index is 0.251. The van der Waals surface area contributed by atoms with Gasteiger partial charge in [0.15, 0.2) is 5.78 Å². The lowest BCUT2D eigenvalue weighted by atomic mass is 9.95. The van der Waals surface area contributed by atoms with Crippen molar-refractivity contribution in [1.82, 2.24) is 0 Å². The quantitative estimate of drug-likeness (QED) is 0.726. The van der Waals surface area contributed by atoms with Crippen LogP contribution in [0.3, 0.4) is 0 Å². The van der Waals surface area contributed by atoms with Crippen molar-refractivity contribution >= 4 is 5.78 Å². The number of Topliss-reactive ketones (excluding diaryl/α,β-unsaturated/α-hetero) is 1. The molecule has 0 radical (unpaired) electrons. The zero-order chi connectivity index (χ0) is 16.6. The highest BCUT2D eigenvalue weighted by molar-refractivity contribution is 5.96. The average molecular weight is 320 g/mol. The van der Waals surface area contributed by atoms with E-state index in [1.165, 1.54) is 11.1 Å². The van der Waals surface area contributed by atoms with Gasteiger partial charge < -0.3 is 4.74 Å². The molecule has 24 heavy (non-hydrogen) atoms. The Morgan fingerprint density at radius 1 is 0.833 bits per heavy atom. The smallest absolute Gasteiger partial charge is 0.162 e. The summed E-state index contributed by atoms with van der Waals surface area (Å²) in [6, 6.07) is 20.6. The van der Waals surface area contributed by atoms with Crippen LogP contribution in [0.15, 0.2) is 72.0 Å². The van der Waals surface area contributed by atoms with Gasteiger partial charge in [-0.05, 0) is 36.8 Å². The van der Waals surface area contributed by atoms with Gasteiger partial charge in [-0.1, -0.05) is 60.7 Å². The Hall–Kier alpha value is -2.35. The molecule has 0 aromatic heterocycles. The van der Waals surface area contributed by atoms with E-state index in [0.717, 1.165) is 50.0 Å². The minimum absolute atomic E-state index is 0.251. The van der Waals surface area contributed by atoms with Crippen molar-refractivity contribution in [1.29, 1.82) is 0 Å². The van der Waals surface area contributed by atoms with Crippen LogP contribution in [0.5, 0.6) is 0 Å². The Balaban J connectivity index is 1.63. The van der Waals surface area contributed by atoms with Gasteiger partial charge in [0.05, 0.1) is 6.61 Å². The van der Waals surface area contributed by atoms with Crippen molar-refractivity contribution in [3.8, 4) is 0 Å². The van der Waals surface area contributed by atoms with Gasteiger partial charge in [0.2, 0.25) is 0 Å². The lowest BCUT2D eigenvalue weighted by Gasteiger charge is -2.21. The van der Waals surface area contributed by atoms with E-state index in [0.29, 0.717) is 6.42 Å². The zero-order valence-electron chi connectivity index (χ0n) is 14.0. The number of aryl methyl sites for hydroxylation is 2. The molecule has 1 aliphatic heterocycles. The molecule has 0 atom stereocenters. The molecule has 3 rings (SSSR count). The second-order valence-electron chi connectivity index (χ2n) is 6.25. The van der Waals surface area contributed by atoms with E-state index in [9.17, 15) is 4.79 Å². The van der Waals surface area contributed by atoms with Crippen molar-refractivity contribution in [3.63, 3.8) is 0 Å². The van der Waals surface area contributed by atoms with Gasteiger partial charge in [-0.3, -0.25) is 4.79 Å². The Labute approximate surface area is 144 Å². The molecule has 0 aliphatic carbocycles. The summed E-state index contributed by atoms with van der Waals surface area (Å²) < 4.78 is 5.84. The largest absolute Gasteiger partial charge is 0.497 e. The molecule has 0 N–H and O–H groups in total. The van der Waals surface area contributed by atoms with Crippen LogP contribution < -0.4 is 0 Å². The molecule has 0 fully saturated rings. The maximum absolute atomic E-state index is 12.7. The van der Waals surface area contributed by atoms with E-state index in [1.54, 1.807) is 0 Å². The lowest BCUT2D eigenvalue weighted by molar-refractivity contribution is -0.116. The van der Waals surface area contributed by atoms with Gasteiger partial charge in [0, 0.05) is 18.4 Å². The van der Waals surface area contributed by atoms with Gasteiger partial charge in [0.25, 0.3) is 0 Å². The van der Waals surface area contributed by atoms with Crippen LogP contribution in [0.4, 0.5) is 0 Å². The van der Waals surface area contributed by atoms with Crippen molar-refractivity contribution in [2.24, 2.45) is 0 Å². The number of ketones is 1. The topological polar surface area (TPSA) is 26.3 Å². The molecule has 2 aromatic carbocycles. The fourth-order valence-corrected chi connectivity index (χ4v) is 3.14. The predicted molar refractivity (Wildman–Crippen MR) is 96.7 cm³/mol. The fourth-order valence-electron chi connectivity index (χ4n) is 3.14. The Morgan fingerprint density at radius 2 is 1.46 bits per heavy atom. The monoisotopic (exact) mass is 320 g/mol. The van der Waals surface area contributed by atoms with E-state index in [4.69, 9.17) is 4.74 Å². The van der Waals surface area contributed by atoms with Crippen LogP contribution in [0.25, 0.3) is 0 Å². The van der Waals surface area contributed by atoms with E-state index in [1.807, 2.05) is 24.3 Å². The molecule has 1 aliphatic rings. The summed E-state index contributed by atoms with van der Waals surface area (Å²) in [5, 5.41) is 0. The molecule has 0 saturated heterocycles. The molecular weight excluding hydrogens is 296 g/mol. The van der Waals surface area contributed by atoms with E-state index in [-0.39, 0.29) is 5.78 Å². The van der Waals surface area contributed by atoms with Gasteiger partial charge >= 0.3 is 0 Å². The molecule has 124 valence electrons. The third kappa shape index (κ3) is 4.58. The van der Waals surface area contributed by atoms with Crippen LogP contribution in [0, 0.1) is 0 Å². The highest BCUT2D eigenvalue weighted by Crippen LogP contribution is 2.25. The normalized spacial score (nSPS) is 14.3. The predicted octanol–water partition coefficient (Wildman–Crippen LogP) is 4.89. The highest BCUT2D eigenvalue weighted by atomic mass is 16.5. The lowest BCUT2D eigenvalue weighted by Crippen LogP contribution is -2.15. The van der Waals surface area contributed by atoms with E-state index in [2.05, 4.69) is 36.4 Å². The SMILES string of the molecule is O=C(CCc1ccccc1)C1=C(CCc2ccccc2)OCCC1. The number of rotatable bonds is 7. The second-order valence-corrected chi connectivity index (χ2v) is 6.25. The van der Waals surface area contributed by atoms with Gasteiger partial charge in [-0.15, -0.1) is 0 Å². The van der Waals surface area contributed by atoms with Gasteiger partial charge in [0.1, 0.15) is 5.76 Å². The maximum Gasteiger partial charge on any atom is 0.162 e. The minimum Gasteiger partial charge on any atom is -0.497 e. The first-order valence-electron chi connectivity index (χ1n) is 8.79. The molecule has 1 heterocycles. The van der Waals surface area contributed by atoms with Crippen molar-refractivity contribution < 1.29 is 9.53 Å². The highest BCUT2D eigenvalue weighted by Gasteiger charge is 2.20. The number of hydrogen-bond acceptors (Lipinski definition) is 2. The summed E-state index contributed by atoms with van der Waals surface area (Å²) >= 11 is 0. The van der Waals surface area contributed by atoms with Crippen molar-refractivity contribution in [3.05, 3.63) is 83.1 Å². The number of carbonyl (C=O) groups is 1. The average Bonchev–Trinajstić information content (AvgIpc) is 2.66. The Bertz CT molecular complexity index is 686. The summed E-state index contributed by atoms with van der Waals surface area (Å²) in [6.07, 6.45) is 4.91. The summed E-state index contributed by atoms with van der Waals surface area (Å²) in [7, 11) is 0. The summed E-state index contributed by atoms with van der Waals surface area (Å²) in [5.74, 6) is 1.17. The number of allylic oxidation sites excluding steroid dienone is 2. The van der Waals surface area contributed by atoms with Gasteiger partial charge in [-0.25, -0.2) is 0 Å². The summed E-state index contributed by atoms with van der Waals surface area (Å²) in [6.45, 7) is 0.736. The molecule has 0 unspecified atom stereocenters. The van der Waals surface area contributed by atoms with E-state index < -0.39 is 0 Å². The molecule has 0 amide bonds. The first-order chi connectivity index (χ1) is 11.8. The number of ether oxygens (including phenoxy) is 1. The molecule has 2 nitrogen and oxygen atoms in total. The second kappa shape index (κ2) is 8.49. The molecule has 0 saturated carbocycles. The molecule has 2 aromatic rings. The molecular formula is C22H24O2. The van der Waals surface area contributed by atoms with Gasteiger partial charge in [-0.2, -0.15) is 0 Å². The number of hydrogen-bond donors (Lipinski definition) is 0. The van der Waals surface area contributed by atoms with Crippen molar-refractivity contribution in [2.75, 3.05) is 6.61 Å². The molecule has 0 bridgehead atoms. The van der Waals surface area contributed by atoms with Crippen molar-refractivity contribution in [2.45, 2.75) is 38.5 Å². The Morgan fingerprint density at radius 3 is 2.12 bits per heavy atom. The standard InChI is InChI=1S/C22H24O2/c23-21(15-13-18-8-3-1-4-9-18)20-12-7-17-24-22(20)16-14-19-10-5-2-6-11-19/h1-6,8-11H,7,12-17H2. The maximum atomic E-state index is 12.7. The molecule has 0 spiro atoms. The fraction of sp³-hybridized carbons (Fsp3) is 0.318.